The molecule has 8 heteroatoms. The van der Waals surface area contributed by atoms with Crippen LogP contribution in [0.3, 0.4) is 0 Å². The summed E-state index contributed by atoms with van der Waals surface area (Å²) in [5.41, 5.74) is 1.16. The fourth-order valence-electron chi connectivity index (χ4n) is 2.47. The first-order valence-corrected chi connectivity index (χ1v) is 10.5. The molecule has 4 nitrogen and oxygen atoms in total. The zero-order valence-electron chi connectivity index (χ0n) is 14.7. The molecule has 0 spiro atoms. The highest BCUT2D eigenvalue weighted by Gasteiger charge is 2.10. The van der Waals surface area contributed by atoms with E-state index in [-0.39, 0.29) is 0 Å². The topological polar surface area (TPSA) is 39.9 Å². The van der Waals surface area contributed by atoms with Crippen LogP contribution in [0.2, 0.25) is 15.1 Å². The maximum absolute atomic E-state index is 6.10. The molecular weight excluding hydrogens is 425 g/mol. The van der Waals surface area contributed by atoms with Gasteiger partial charge in [-0.15, -0.1) is 10.2 Å². The predicted molar refractivity (Wildman–Crippen MR) is 112 cm³/mol. The maximum atomic E-state index is 6.10. The standard InChI is InChI=1S/C19H18Cl3N3OS/c1-25-18(6-3-9-26-17-8-7-15(21)11-16(17)22)23-24-19(25)27-12-13-4-2-5-14(20)10-13/h2,4-5,7-8,10-11H,3,6,9,12H2,1H3. The van der Waals surface area contributed by atoms with Crippen molar-refractivity contribution in [2.24, 2.45) is 7.05 Å². The number of hydrogen-bond acceptors (Lipinski definition) is 4. The molecule has 27 heavy (non-hydrogen) atoms. The average molecular weight is 443 g/mol. The summed E-state index contributed by atoms with van der Waals surface area (Å²) in [6.45, 7) is 0.541. The molecule has 142 valence electrons. The first-order chi connectivity index (χ1) is 13.0. The van der Waals surface area contributed by atoms with Gasteiger partial charge in [-0.25, -0.2) is 0 Å². The molecule has 0 aliphatic heterocycles. The molecule has 0 atom stereocenters. The summed E-state index contributed by atoms with van der Waals surface area (Å²) >= 11 is 19.7. The Kier molecular flexibility index (Phi) is 7.30. The quantitative estimate of drug-likeness (QED) is 0.313. The van der Waals surface area contributed by atoms with Crippen LogP contribution in [0, 0.1) is 0 Å². The summed E-state index contributed by atoms with van der Waals surface area (Å²) in [4.78, 5) is 0. The number of aryl methyl sites for hydroxylation is 1. The SMILES string of the molecule is Cn1c(CCCOc2ccc(Cl)cc2Cl)nnc1SCc1cccc(Cl)c1. The molecule has 0 fully saturated rings. The molecule has 0 radical (unpaired) electrons. The molecule has 0 bridgehead atoms. The third kappa shape index (κ3) is 5.79. The number of ether oxygens (including phenoxy) is 1. The number of benzene rings is 2. The first kappa shape index (κ1) is 20.3. The Balaban J connectivity index is 1.48. The van der Waals surface area contributed by atoms with E-state index >= 15 is 0 Å². The molecule has 0 N–H and O–H groups in total. The molecule has 0 unspecified atom stereocenters. The smallest absolute Gasteiger partial charge is 0.191 e. The van der Waals surface area contributed by atoms with Crippen LogP contribution < -0.4 is 4.74 Å². The van der Waals surface area contributed by atoms with Crippen LogP contribution in [-0.4, -0.2) is 21.4 Å². The minimum absolute atomic E-state index is 0.515. The number of thioether (sulfide) groups is 1. The van der Waals surface area contributed by atoms with Crippen LogP contribution in [-0.2, 0) is 19.2 Å². The second-order valence-electron chi connectivity index (χ2n) is 5.90. The van der Waals surface area contributed by atoms with Gasteiger partial charge in [0.25, 0.3) is 0 Å². The first-order valence-electron chi connectivity index (χ1n) is 8.36. The lowest BCUT2D eigenvalue weighted by Gasteiger charge is -2.08. The van der Waals surface area contributed by atoms with E-state index in [1.165, 1.54) is 0 Å². The molecule has 0 saturated heterocycles. The molecule has 0 amide bonds. The third-order valence-corrected chi connectivity index (χ3v) is 5.74. The molecule has 0 aliphatic carbocycles. The lowest BCUT2D eigenvalue weighted by atomic mass is 10.2. The molecule has 0 saturated carbocycles. The zero-order chi connectivity index (χ0) is 19.2. The van der Waals surface area contributed by atoms with Gasteiger partial charge in [-0.3, -0.25) is 0 Å². The third-order valence-electron chi connectivity index (χ3n) is 3.88. The monoisotopic (exact) mass is 441 g/mol. The van der Waals surface area contributed by atoms with E-state index in [2.05, 4.69) is 16.3 Å². The van der Waals surface area contributed by atoms with Crippen LogP contribution in [0.5, 0.6) is 5.75 Å². The Labute approximate surface area is 177 Å². The molecule has 1 heterocycles. The van der Waals surface area contributed by atoms with Crippen LogP contribution in [0.15, 0.2) is 47.6 Å². The number of nitrogens with zero attached hydrogens (tertiary/aromatic N) is 3. The fraction of sp³-hybridized carbons (Fsp3) is 0.263. The van der Waals surface area contributed by atoms with E-state index in [9.17, 15) is 0 Å². The van der Waals surface area contributed by atoms with Crippen LogP contribution in [0.4, 0.5) is 0 Å². The second kappa shape index (κ2) is 9.69. The van der Waals surface area contributed by atoms with Crippen LogP contribution >= 0.6 is 46.6 Å². The Bertz CT molecular complexity index is 917. The van der Waals surface area contributed by atoms with Crippen molar-refractivity contribution in [1.29, 1.82) is 0 Å². The fourth-order valence-corrected chi connectivity index (χ4v) is 4.02. The van der Waals surface area contributed by atoms with Gasteiger partial charge >= 0.3 is 0 Å². The highest BCUT2D eigenvalue weighted by atomic mass is 35.5. The summed E-state index contributed by atoms with van der Waals surface area (Å²) in [5, 5.41) is 11.3. The number of aromatic nitrogens is 3. The predicted octanol–water partition coefficient (Wildman–Crippen LogP) is 6.08. The largest absolute Gasteiger partial charge is 0.492 e. The van der Waals surface area contributed by atoms with Crippen molar-refractivity contribution in [2.45, 2.75) is 23.8 Å². The molecule has 1 aromatic heterocycles. The minimum Gasteiger partial charge on any atom is -0.492 e. The van der Waals surface area contributed by atoms with E-state index in [1.807, 2.05) is 29.8 Å². The van der Waals surface area contributed by atoms with Gasteiger partial charge in [0, 0.05) is 29.3 Å². The van der Waals surface area contributed by atoms with Gasteiger partial charge in [-0.2, -0.15) is 0 Å². The Morgan fingerprint density at radius 2 is 1.85 bits per heavy atom. The Hall–Kier alpha value is -1.40. The summed E-state index contributed by atoms with van der Waals surface area (Å²) in [5.74, 6) is 2.36. The number of halogens is 3. The van der Waals surface area contributed by atoms with Gasteiger partial charge in [0.15, 0.2) is 5.16 Å². The number of hydrogen-bond donors (Lipinski definition) is 0. The van der Waals surface area contributed by atoms with E-state index in [1.54, 1.807) is 30.0 Å². The molecule has 3 rings (SSSR count). The summed E-state index contributed by atoms with van der Waals surface area (Å²) in [7, 11) is 1.98. The normalized spacial score (nSPS) is 11.0. The molecule has 0 aliphatic rings. The lowest BCUT2D eigenvalue weighted by Crippen LogP contribution is -2.04. The second-order valence-corrected chi connectivity index (χ2v) is 8.13. The van der Waals surface area contributed by atoms with Crippen molar-refractivity contribution in [1.82, 2.24) is 14.8 Å². The highest BCUT2D eigenvalue weighted by Crippen LogP contribution is 2.27. The maximum Gasteiger partial charge on any atom is 0.191 e. The van der Waals surface area contributed by atoms with Crippen LogP contribution in [0.1, 0.15) is 17.8 Å². The van der Waals surface area contributed by atoms with Gasteiger partial charge < -0.3 is 9.30 Å². The van der Waals surface area contributed by atoms with E-state index in [0.717, 1.165) is 40.2 Å². The molecule has 2 aromatic carbocycles. The van der Waals surface area contributed by atoms with Crippen molar-refractivity contribution in [3.63, 3.8) is 0 Å². The van der Waals surface area contributed by atoms with Gasteiger partial charge in [-0.1, -0.05) is 58.7 Å². The van der Waals surface area contributed by atoms with E-state index < -0.39 is 0 Å². The average Bonchev–Trinajstić information content (AvgIpc) is 2.98. The van der Waals surface area contributed by atoms with Gasteiger partial charge in [0.2, 0.25) is 0 Å². The minimum atomic E-state index is 0.515. The van der Waals surface area contributed by atoms with Crippen molar-refractivity contribution in [2.75, 3.05) is 6.61 Å². The van der Waals surface area contributed by atoms with Crippen molar-refractivity contribution < 1.29 is 4.74 Å². The zero-order valence-corrected chi connectivity index (χ0v) is 17.7. The van der Waals surface area contributed by atoms with Crippen molar-refractivity contribution >= 4 is 46.6 Å². The van der Waals surface area contributed by atoms with Gasteiger partial charge in [-0.05, 0) is 42.3 Å². The molecular formula is C19H18Cl3N3OS. The number of rotatable bonds is 8. The van der Waals surface area contributed by atoms with Crippen molar-refractivity contribution in [3.8, 4) is 5.75 Å². The van der Waals surface area contributed by atoms with Gasteiger partial charge in [0.1, 0.15) is 11.6 Å². The summed E-state index contributed by atoms with van der Waals surface area (Å²) in [6, 6.07) is 13.0. The molecule has 3 aromatic rings. The summed E-state index contributed by atoms with van der Waals surface area (Å²) in [6.07, 6.45) is 1.58. The summed E-state index contributed by atoms with van der Waals surface area (Å²) < 4.78 is 7.73. The Morgan fingerprint density at radius 3 is 2.63 bits per heavy atom. The highest BCUT2D eigenvalue weighted by molar-refractivity contribution is 7.98. The Morgan fingerprint density at radius 1 is 1.04 bits per heavy atom. The van der Waals surface area contributed by atoms with E-state index in [0.29, 0.717) is 22.4 Å². The van der Waals surface area contributed by atoms with E-state index in [4.69, 9.17) is 39.5 Å². The van der Waals surface area contributed by atoms with Gasteiger partial charge in [0.05, 0.1) is 11.6 Å². The lowest BCUT2D eigenvalue weighted by molar-refractivity contribution is 0.309. The van der Waals surface area contributed by atoms with Crippen LogP contribution in [0.25, 0.3) is 0 Å². The van der Waals surface area contributed by atoms with Crippen molar-refractivity contribution in [3.05, 3.63) is 68.9 Å².